The predicted molar refractivity (Wildman–Crippen MR) is 136 cm³/mol. The van der Waals surface area contributed by atoms with Crippen molar-refractivity contribution in [1.82, 2.24) is 10.2 Å². The number of nitrogens with one attached hydrogen (secondary N) is 1. The van der Waals surface area contributed by atoms with Gasteiger partial charge in [0.05, 0.1) is 5.37 Å². The van der Waals surface area contributed by atoms with Crippen molar-refractivity contribution in [2.45, 2.75) is 44.5 Å². The van der Waals surface area contributed by atoms with Crippen LogP contribution in [0.1, 0.15) is 44.2 Å². The number of alkyl carbamates (subject to hydrolysis) is 1. The fraction of sp³-hybridized carbons (Fsp3) is 0.444. The Labute approximate surface area is 210 Å². The first-order valence-electron chi connectivity index (χ1n) is 12.0. The molecule has 2 aliphatic rings. The summed E-state index contributed by atoms with van der Waals surface area (Å²) in [6.07, 6.45) is -0.117. The predicted octanol–water partition coefficient (Wildman–Crippen LogP) is 4.56. The number of benzene rings is 2. The second kappa shape index (κ2) is 10.7. The molecule has 1 saturated heterocycles. The van der Waals surface area contributed by atoms with E-state index in [-0.39, 0.29) is 36.3 Å². The summed E-state index contributed by atoms with van der Waals surface area (Å²) in [4.78, 5) is 38.7. The molecule has 2 N–H and O–H groups in total. The Bertz CT molecular complexity index is 1060. The minimum Gasteiger partial charge on any atom is -0.480 e. The summed E-state index contributed by atoms with van der Waals surface area (Å²) >= 11 is 1.51. The molecule has 0 bridgehead atoms. The molecule has 2 amide bonds. The van der Waals surface area contributed by atoms with Crippen LogP contribution < -0.4 is 5.32 Å². The first-order chi connectivity index (χ1) is 16.8. The minimum absolute atomic E-state index is 0.0118. The molecule has 3 unspecified atom stereocenters. The lowest BCUT2D eigenvalue weighted by molar-refractivity contribution is -0.151. The maximum Gasteiger partial charge on any atom is 0.407 e. The highest BCUT2D eigenvalue weighted by Crippen LogP contribution is 2.44. The third-order valence-corrected chi connectivity index (χ3v) is 8.38. The molecule has 35 heavy (non-hydrogen) atoms. The minimum atomic E-state index is -0.974. The van der Waals surface area contributed by atoms with Crippen molar-refractivity contribution in [2.75, 3.05) is 18.9 Å². The lowest BCUT2D eigenvalue weighted by Crippen LogP contribution is -2.49. The number of fused-ring (bicyclic) bond motifs is 3. The van der Waals surface area contributed by atoms with Crippen LogP contribution in [0.5, 0.6) is 0 Å². The Morgan fingerprint density at radius 2 is 1.66 bits per heavy atom. The molecular weight excluding hydrogens is 464 g/mol. The van der Waals surface area contributed by atoms with Gasteiger partial charge in [0.25, 0.3) is 0 Å². The Morgan fingerprint density at radius 1 is 1.06 bits per heavy atom. The van der Waals surface area contributed by atoms with Crippen LogP contribution in [-0.2, 0) is 14.3 Å². The number of carboxylic acid groups (broad SMARTS) is 1. The van der Waals surface area contributed by atoms with Gasteiger partial charge in [0.2, 0.25) is 5.91 Å². The molecule has 1 aliphatic carbocycles. The molecule has 1 heterocycles. The lowest BCUT2D eigenvalue weighted by Gasteiger charge is -2.32. The van der Waals surface area contributed by atoms with Gasteiger partial charge in [-0.05, 0) is 34.6 Å². The van der Waals surface area contributed by atoms with Crippen LogP contribution >= 0.6 is 11.8 Å². The van der Waals surface area contributed by atoms with Gasteiger partial charge in [0.1, 0.15) is 12.6 Å². The number of carboxylic acids is 1. The molecule has 1 aliphatic heterocycles. The van der Waals surface area contributed by atoms with E-state index in [1.54, 1.807) is 6.92 Å². The Kier molecular flexibility index (Phi) is 7.69. The van der Waals surface area contributed by atoms with E-state index in [4.69, 9.17) is 4.74 Å². The zero-order valence-electron chi connectivity index (χ0n) is 20.3. The average Bonchev–Trinajstić information content (AvgIpc) is 3.42. The Balaban J connectivity index is 1.29. The number of carbonyl (C=O) groups is 3. The van der Waals surface area contributed by atoms with Gasteiger partial charge >= 0.3 is 12.1 Å². The van der Waals surface area contributed by atoms with Crippen molar-refractivity contribution in [3.05, 3.63) is 59.7 Å². The van der Waals surface area contributed by atoms with Gasteiger partial charge in [-0.2, -0.15) is 0 Å². The second-order valence-corrected chi connectivity index (χ2v) is 10.7. The second-order valence-electron chi connectivity index (χ2n) is 9.51. The van der Waals surface area contributed by atoms with Crippen LogP contribution in [0.15, 0.2) is 48.5 Å². The van der Waals surface area contributed by atoms with Gasteiger partial charge in [-0.25, -0.2) is 9.59 Å². The molecule has 2 aromatic rings. The summed E-state index contributed by atoms with van der Waals surface area (Å²) in [5.41, 5.74) is 4.64. The summed E-state index contributed by atoms with van der Waals surface area (Å²) in [5, 5.41) is 12.1. The number of rotatable bonds is 8. The largest absolute Gasteiger partial charge is 0.480 e. The quantitative estimate of drug-likeness (QED) is 0.556. The van der Waals surface area contributed by atoms with Gasteiger partial charge in [-0.1, -0.05) is 69.3 Å². The van der Waals surface area contributed by atoms with Crippen molar-refractivity contribution in [1.29, 1.82) is 0 Å². The Morgan fingerprint density at radius 3 is 2.23 bits per heavy atom. The van der Waals surface area contributed by atoms with Gasteiger partial charge in [0.15, 0.2) is 0 Å². The molecule has 7 nitrogen and oxygen atoms in total. The van der Waals surface area contributed by atoms with Crippen molar-refractivity contribution < 1.29 is 24.2 Å². The standard InChI is InChI=1S/C27H32N2O5S/c1-16(2)25-29(23(15-35-25)26(31)32)24(30)17(3)12-13-28-27(33)34-14-22-20-10-6-4-8-18(20)19-9-5-7-11-21(19)22/h4-11,16-17,22-23,25H,12-15H2,1-3H3,(H,28,33)(H,31,32). The smallest absolute Gasteiger partial charge is 0.407 e. The van der Waals surface area contributed by atoms with E-state index < -0.39 is 24.0 Å². The first-order valence-corrected chi connectivity index (χ1v) is 13.1. The molecule has 8 heteroatoms. The van der Waals surface area contributed by atoms with Gasteiger partial charge in [-0.3, -0.25) is 4.79 Å². The van der Waals surface area contributed by atoms with Crippen molar-refractivity contribution >= 4 is 29.7 Å². The SMILES string of the molecule is CC(CCNC(=O)OCC1c2ccccc2-c2ccccc21)C(=O)N1C(C(=O)O)CSC1C(C)C. The van der Waals surface area contributed by atoms with Crippen LogP contribution in [0.3, 0.4) is 0 Å². The normalized spacial score (nSPS) is 19.8. The number of thioether (sulfide) groups is 1. The fourth-order valence-electron chi connectivity index (χ4n) is 4.93. The third-order valence-electron chi connectivity index (χ3n) is 6.76. The van der Waals surface area contributed by atoms with Crippen LogP contribution in [-0.4, -0.2) is 58.3 Å². The monoisotopic (exact) mass is 496 g/mol. The van der Waals surface area contributed by atoms with Crippen LogP contribution in [0, 0.1) is 11.8 Å². The average molecular weight is 497 g/mol. The molecule has 0 aromatic heterocycles. The summed E-state index contributed by atoms with van der Waals surface area (Å²) in [6.45, 7) is 6.27. The summed E-state index contributed by atoms with van der Waals surface area (Å²) < 4.78 is 5.55. The molecule has 1 fully saturated rings. The van der Waals surface area contributed by atoms with E-state index in [0.717, 1.165) is 11.1 Å². The third kappa shape index (κ3) is 5.17. The van der Waals surface area contributed by atoms with E-state index in [9.17, 15) is 19.5 Å². The van der Waals surface area contributed by atoms with E-state index in [2.05, 4.69) is 29.6 Å². The number of ether oxygens (including phenoxy) is 1. The number of aliphatic carboxylic acids is 1. The maximum absolute atomic E-state index is 13.1. The van der Waals surface area contributed by atoms with Gasteiger partial charge < -0.3 is 20.1 Å². The van der Waals surface area contributed by atoms with Crippen molar-refractivity contribution in [3.8, 4) is 11.1 Å². The molecule has 4 rings (SSSR count). The van der Waals surface area contributed by atoms with Crippen LogP contribution in [0.25, 0.3) is 11.1 Å². The number of carbonyl (C=O) groups excluding carboxylic acids is 2. The zero-order chi connectivity index (χ0) is 25.1. The highest BCUT2D eigenvalue weighted by Gasteiger charge is 2.43. The number of amides is 2. The van der Waals surface area contributed by atoms with Crippen molar-refractivity contribution in [3.63, 3.8) is 0 Å². The summed E-state index contributed by atoms with van der Waals surface area (Å²) in [6, 6.07) is 15.5. The topological polar surface area (TPSA) is 95.9 Å². The van der Waals surface area contributed by atoms with Crippen molar-refractivity contribution in [2.24, 2.45) is 11.8 Å². The molecule has 2 aromatic carbocycles. The lowest BCUT2D eigenvalue weighted by atomic mass is 9.98. The fourth-order valence-corrected chi connectivity index (χ4v) is 6.41. The molecule has 0 radical (unpaired) electrons. The molecule has 0 saturated carbocycles. The van der Waals surface area contributed by atoms with E-state index in [1.165, 1.54) is 27.8 Å². The van der Waals surface area contributed by atoms with E-state index in [1.807, 2.05) is 38.1 Å². The molecule has 0 spiro atoms. The summed E-state index contributed by atoms with van der Waals surface area (Å²) in [5.74, 6) is -1.03. The highest BCUT2D eigenvalue weighted by atomic mass is 32.2. The number of nitrogens with zero attached hydrogens (tertiary/aromatic N) is 1. The van der Waals surface area contributed by atoms with Gasteiger partial charge in [-0.15, -0.1) is 11.8 Å². The van der Waals surface area contributed by atoms with Crippen LogP contribution in [0.4, 0.5) is 4.79 Å². The number of hydrogen-bond acceptors (Lipinski definition) is 5. The van der Waals surface area contributed by atoms with Gasteiger partial charge in [0, 0.05) is 24.1 Å². The van der Waals surface area contributed by atoms with E-state index >= 15 is 0 Å². The maximum atomic E-state index is 13.1. The molecular formula is C27H32N2O5S. The summed E-state index contributed by atoms with van der Waals surface area (Å²) in [7, 11) is 0. The zero-order valence-corrected chi connectivity index (χ0v) is 21.1. The molecule has 186 valence electrons. The first kappa shape index (κ1) is 25.1. The highest BCUT2D eigenvalue weighted by molar-refractivity contribution is 8.00. The molecule has 3 atom stereocenters. The Hall–Kier alpha value is -3.00. The van der Waals surface area contributed by atoms with Crippen LogP contribution in [0.2, 0.25) is 0 Å². The number of hydrogen-bond donors (Lipinski definition) is 2. The van der Waals surface area contributed by atoms with E-state index in [0.29, 0.717) is 12.2 Å².